The van der Waals surface area contributed by atoms with Crippen LogP contribution in [0.5, 0.6) is 0 Å². The zero-order valence-corrected chi connectivity index (χ0v) is 26.9. The quantitative estimate of drug-likeness (QED) is 0.195. The second-order valence-corrected chi connectivity index (χ2v) is 13.4. The van der Waals surface area contributed by atoms with Gasteiger partial charge in [0, 0.05) is 25.1 Å². The predicted molar refractivity (Wildman–Crippen MR) is 176 cm³/mol. The van der Waals surface area contributed by atoms with Gasteiger partial charge in [-0.15, -0.1) is 0 Å². The molecular weight excluding hydrogens is 589 g/mol. The van der Waals surface area contributed by atoms with Crippen LogP contribution in [0.3, 0.4) is 0 Å². The third-order valence-corrected chi connectivity index (χ3v) is 9.43. The van der Waals surface area contributed by atoms with Gasteiger partial charge in [0.1, 0.15) is 18.4 Å². The summed E-state index contributed by atoms with van der Waals surface area (Å²) in [7, 11) is -4.21. The molecule has 0 heterocycles. The summed E-state index contributed by atoms with van der Waals surface area (Å²) in [5.74, 6) is -1.42. The van der Waals surface area contributed by atoms with E-state index in [9.17, 15) is 18.0 Å². The SMILES string of the molecule is Cc1ccc(N(CC(=O)N(Cc2ccccc2F)[C@H](Cc2ccccc2)C(=O)NCC(C)C)S(=O)(=O)c2ccccc2)cc1C. The Kier molecular flexibility index (Phi) is 11.1. The highest BCUT2D eigenvalue weighted by Gasteiger charge is 2.35. The molecule has 4 aromatic carbocycles. The Bertz CT molecular complexity index is 1710. The highest BCUT2D eigenvalue weighted by molar-refractivity contribution is 7.92. The molecule has 1 atom stereocenters. The van der Waals surface area contributed by atoms with E-state index in [2.05, 4.69) is 5.32 Å². The van der Waals surface area contributed by atoms with Crippen molar-refractivity contribution in [3.8, 4) is 0 Å². The van der Waals surface area contributed by atoms with Gasteiger partial charge in [-0.2, -0.15) is 0 Å². The van der Waals surface area contributed by atoms with Gasteiger partial charge in [-0.05, 0) is 66.8 Å². The number of anilines is 1. The van der Waals surface area contributed by atoms with E-state index in [0.29, 0.717) is 12.2 Å². The number of nitrogens with one attached hydrogen (secondary N) is 1. The number of hydrogen-bond donors (Lipinski definition) is 1. The molecule has 0 spiro atoms. The fourth-order valence-electron chi connectivity index (χ4n) is 4.92. The van der Waals surface area contributed by atoms with E-state index in [1.165, 1.54) is 23.1 Å². The number of amides is 2. The van der Waals surface area contributed by atoms with Crippen LogP contribution >= 0.6 is 0 Å². The van der Waals surface area contributed by atoms with Crippen molar-refractivity contribution >= 4 is 27.5 Å². The van der Waals surface area contributed by atoms with Crippen molar-refractivity contribution in [2.75, 3.05) is 17.4 Å². The first-order chi connectivity index (χ1) is 21.5. The molecule has 0 aliphatic carbocycles. The Balaban J connectivity index is 1.82. The molecule has 45 heavy (non-hydrogen) atoms. The number of nitrogens with zero attached hydrogens (tertiary/aromatic N) is 2. The molecule has 2 amide bonds. The Hall–Kier alpha value is -4.50. The van der Waals surface area contributed by atoms with E-state index in [4.69, 9.17) is 0 Å². The summed E-state index contributed by atoms with van der Waals surface area (Å²) in [6, 6.07) is 27.4. The van der Waals surface area contributed by atoms with Crippen molar-refractivity contribution in [1.29, 1.82) is 0 Å². The lowest BCUT2D eigenvalue weighted by Crippen LogP contribution is -2.53. The standard InChI is InChI=1S/C36H40FN3O4S/c1-26(2)23-38-36(42)34(22-29-13-7-5-8-14-29)39(24-30-15-11-12-18-33(30)37)35(41)25-40(31-20-19-27(3)28(4)21-31)45(43,44)32-16-9-6-10-17-32/h5-21,26,34H,22-25H2,1-4H3,(H,38,42)/t34-/m1/s1. The third-order valence-electron chi connectivity index (χ3n) is 7.64. The van der Waals surface area contributed by atoms with Gasteiger partial charge in [-0.3, -0.25) is 13.9 Å². The average Bonchev–Trinajstić information content (AvgIpc) is 3.03. The van der Waals surface area contributed by atoms with Gasteiger partial charge in [-0.1, -0.05) is 86.6 Å². The van der Waals surface area contributed by atoms with Crippen LogP contribution in [0.1, 0.15) is 36.1 Å². The number of sulfonamides is 1. The highest BCUT2D eigenvalue weighted by atomic mass is 32.2. The molecule has 0 aromatic heterocycles. The molecule has 0 saturated heterocycles. The Morgan fingerprint density at radius 3 is 2.07 bits per heavy atom. The molecule has 0 unspecified atom stereocenters. The van der Waals surface area contributed by atoms with E-state index < -0.39 is 40.2 Å². The zero-order valence-electron chi connectivity index (χ0n) is 26.1. The van der Waals surface area contributed by atoms with Crippen molar-refractivity contribution in [1.82, 2.24) is 10.2 Å². The number of carbonyl (C=O) groups excluding carboxylic acids is 2. The minimum absolute atomic E-state index is 0.0205. The molecule has 4 aromatic rings. The monoisotopic (exact) mass is 629 g/mol. The van der Waals surface area contributed by atoms with E-state index in [-0.39, 0.29) is 29.3 Å². The van der Waals surface area contributed by atoms with Crippen LogP contribution in [0.4, 0.5) is 10.1 Å². The van der Waals surface area contributed by atoms with Crippen LogP contribution in [0.25, 0.3) is 0 Å². The molecular formula is C36H40FN3O4S. The molecule has 0 fully saturated rings. The zero-order chi connectivity index (χ0) is 32.6. The lowest BCUT2D eigenvalue weighted by molar-refractivity contribution is -0.140. The van der Waals surface area contributed by atoms with Crippen molar-refractivity contribution in [2.45, 2.75) is 51.6 Å². The summed E-state index contributed by atoms with van der Waals surface area (Å²) >= 11 is 0. The first-order valence-corrected chi connectivity index (χ1v) is 16.4. The fraction of sp³-hybridized carbons (Fsp3) is 0.278. The normalized spacial score (nSPS) is 12.0. The molecule has 1 N–H and O–H groups in total. The Labute approximate surface area is 265 Å². The average molecular weight is 630 g/mol. The Morgan fingerprint density at radius 1 is 0.822 bits per heavy atom. The summed E-state index contributed by atoms with van der Waals surface area (Å²) < 4.78 is 44.3. The van der Waals surface area contributed by atoms with Crippen LogP contribution in [-0.4, -0.2) is 44.3 Å². The summed E-state index contributed by atoms with van der Waals surface area (Å²) in [5, 5.41) is 2.93. The molecule has 0 aliphatic heterocycles. The maximum Gasteiger partial charge on any atom is 0.264 e. The van der Waals surface area contributed by atoms with Crippen LogP contribution in [0.15, 0.2) is 108 Å². The topological polar surface area (TPSA) is 86.8 Å². The fourth-order valence-corrected chi connectivity index (χ4v) is 6.34. The van der Waals surface area contributed by atoms with Gasteiger partial charge in [0.05, 0.1) is 10.6 Å². The number of carbonyl (C=O) groups is 2. The minimum atomic E-state index is -4.21. The van der Waals surface area contributed by atoms with E-state index >= 15 is 4.39 Å². The lowest BCUT2D eigenvalue weighted by Gasteiger charge is -2.34. The van der Waals surface area contributed by atoms with Crippen LogP contribution in [0, 0.1) is 25.6 Å². The van der Waals surface area contributed by atoms with Gasteiger partial charge < -0.3 is 10.2 Å². The van der Waals surface area contributed by atoms with Crippen LogP contribution < -0.4 is 9.62 Å². The second-order valence-electron chi connectivity index (χ2n) is 11.6. The Morgan fingerprint density at radius 2 is 1.44 bits per heavy atom. The molecule has 7 nitrogen and oxygen atoms in total. The predicted octanol–water partition coefficient (Wildman–Crippen LogP) is 6.05. The van der Waals surface area contributed by atoms with E-state index in [1.807, 2.05) is 58.0 Å². The number of aryl methyl sites for hydroxylation is 2. The van der Waals surface area contributed by atoms with E-state index in [0.717, 1.165) is 21.0 Å². The van der Waals surface area contributed by atoms with Gasteiger partial charge in [0.25, 0.3) is 10.0 Å². The minimum Gasteiger partial charge on any atom is -0.354 e. The third kappa shape index (κ3) is 8.57. The summed E-state index contributed by atoms with van der Waals surface area (Å²) in [5.41, 5.74) is 3.14. The molecule has 0 radical (unpaired) electrons. The first kappa shape index (κ1) is 33.4. The summed E-state index contributed by atoms with van der Waals surface area (Å²) in [4.78, 5) is 29.6. The number of rotatable bonds is 13. The maximum absolute atomic E-state index is 15.0. The first-order valence-electron chi connectivity index (χ1n) is 15.0. The largest absolute Gasteiger partial charge is 0.354 e. The highest BCUT2D eigenvalue weighted by Crippen LogP contribution is 2.27. The van der Waals surface area contributed by atoms with Gasteiger partial charge in [0.2, 0.25) is 11.8 Å². The second kappa shape index (κ2) is 15.0. The summed E-state index contributed by atoms with van der Waals surface area (Å²) in [6.45, 7) is 7.26. The molecule has 0 saturated carbocycles. The summed E-state index contributed by atoms with van der Waals surface area (Å²) in [6.07, 6.45) is 0.153. The van der Waals surface area contributed by atoms with Gasteiger partial charge in [-0.25, -0.2) is 12.8 Å². The van der Waals surface area contributed by atoms with Crippen molar-refractivity contribution in [3.05, 3.63) is 131 Å². The molecule has 4 rings (SSSR count). The lowest BCUT2D eigenvalue weighted by atomic mass is 10.0. The molecule has 0 aliphatic rings. The van der Waals surface area contributed by atoms with Gasteiger partial charge >= 0.3 is 0 Å². The number of halogens is 1. The molecule has 236 valence electrons. The van der Waals surface area contributed by atoms with Crippen LogP contribution in [0.2, 0.25) is 0 Å². The number of benzene rings is 4. The van der Waals surface area contributed by atoms with Crippen molar-refractivity contribution in [3.63, 3.8) is 0 Å². The van der Waals surface area contributed by atoms with E-state index in [1.54, 1.807) is 54.6 Å². The van der Waals surface area contributed by atoms with Gasteiger partial charge in [0.15, 0.2) is 0 Å². The maximum atomic E-state index is 15.0. The number of hydrogen-bond acceptors (Lipinski definition) is 4. The molecule has 0 bridgehead atoms. The smallest absolute Gasteiger partial charge is 0.264 e. The van der Waals surface area contributed by atoms with Crippen LogP contribution in [-0.2, 0) is 32.6 Å². The van der Waals surface area contributed by atoms with Crippen molar-refractivity contribution in [2.24, 2.45) is 5.92 Å². The molecule has 9 heteroatoms. The van der Waals surface area contributed by atoms with Crippen molar-refractivity contribution < 1.29 is 22.4 Å².